The lowest BCUT2D eigenvalue weighted by Gasteiger charge is -1.60. The average Bonchev–Trinajstić information content (AvgIpc) is 1.61. The second-order valence-electron chi connectivity index (χ2n) is 0.814. The van der Waals surface area contributed by atoms with Crippen molar-refractivity contribution in [2.24, 2.45) is 0 Å². The summed E-state index contributed by atoms with van der Waals surface area (Å²) in [5, 5.41) is 0.900. The molecule has 0 aliphatic rings. The zero-order chi connectivity index (χ0) is 4.83. The normalized spacial score (nSPS) is 6.33. The van der Waals surface area contributed by atoms with E-state index in [1.165, 1.54) is 0 Å². The lowest BCUT2D eigenvalue weighted by Crippen LogP contribution is -1.47. The minimum Gasteiger partial charge on any atom is -0.129 e. The van der Waals surface area contributed by atoms with Crippen molar-refractivity contribution in [1.29, 1.82) is 0 Å². The Labute approximate surface area is 46.7 Å². The SMILES string of the molecule is CC=C=CCBr. The van der Waals surface area contributed by atoms with Gasteiger partial charge in [0, 0.05) is 5.33 Å². The van der Waals surface area contributed by atoms with E-state index in [-0.39, 0.29) is 0 Å². The van der Waals surface area contributed by atoms with E-state index in [2.05, 4.69) is 21.7 Å². The molecular formula is C5H7Br. The van der Waals surface area contributed by atoms with Crippen LogP contribution < -0.4 is 0 Å². The lowest BCUT2D eigenvalue weighted by atomic mass is 10.6. The Kier molecular flexibility index (Phi) is 5.00. The molecule has 0 aromatic rings. The molecule has 0 aliphatic carbocycles. The smallest absolute Gasteiger partial charge is 0.0287 e. The van der Waals surface area contributed by atoms with Gasteiger partial charge in [-0.05, 0) is 19.1 Å². The molecule has 0 unspecified atom stereocenters. The van der Waals surface area contributed by atoms with Crippen molar-refractivity contribution in [2.45, 2.75) is 6.92 Å². The fraction of sp³-hybridized carbons (Fsp3) is 0.400. The highest BCUT2D eigenvalue weighted by Crippen LogP contribution is 1.76. The number of rotatable bonds is 1. The Balaban J connectivity index is 3.18. The second kappa shape index (κ2) is 5.00. The molecule has 0 saturated carbocycles. The Morgan fingerprint density at radius 3 is 2.67 bits per heavy atom. The zero-order valence-electron chi connectivity index (χ0n) is 3.74. The van der Waals surface area contributed by atoms with Crippen LogP contribution in [0.25, 0.3) is 0 Å². The maximum atomic E-state index is 3.21. The number of allylic oxidation sites excluding steroid dienone is 1. The van der Waals surface area contributed by atoms with Crippen molar-refractivity contribution < 1.29 is 0 Å². The van der Waals surface area contributed by atoms with Gasteiger partial charge in [0.1, 0.15) is 0 Å². The van der Waals surface area contributed by atoms with Crippen LogP contribution in [0.5, 0.6) is 0 Å². The van der Waals surface area contributed by atoms with E-state index in [1.54, 1.807) is 0 Å². The van der Waals surface area contributed by atoms with E-state index in [0.29, 0.717) is 0 Å². The summed E-state index contributed by atoms with van der Waals surface area (Å²) in [6, 6.07) is 0. The fourth-order valence-electron chi connectivity index (χ4n) is 0.162. The average molecular weight is 147 g/mol. The van der Waals surface area contributed by atoms with E-state index >= 15 is 0 Å². The van der Waals surface area contributed by atoms with Crippen LogP contribution in [0.2, 0.25) is 0 Å². The summed E-state index contributed by atoms with van der Waals surface area (Å²) < 4.78 is 0. The van der Waals surface area contributed by atoms with Gasteiger partial charge < -0.3 is 0 Å². The fourth-order valence-corrected chi connectivity index (χ4v) is 0.349. The summed E-state index contributed by atoms with van der Waals surface area (Å²) in [6.07, 6.45) is 3.79. The monoisotopic (exact) mass is 146 g/mol. The summed E-state index contributed by atoms with van der Waals surface area (Å²) >= 11 is 3.21. The molecule has 0 nitrogen and oxygen atoms in total. The van der Waals surface area contributed by atoms with Gasteiger partial charge in [-0.15, -0.1) is 5.73 Å². The lowest BCUT2D eigenvalue weighted by molar-refractivity contribution is 1.73. The summed E-state index contributed by atoms with van der Waals surface area (Å²) in [4.78, 5) is 0. The molecule has 0 aliphatic heterocycles. The molecule has 0 fully saturated rings. The largest absolute Gasteiger partial charge is 0.129 e. The molecule has 6 heavy (non-hydrogen) atoms. The van der Waals surface area contributed by atoms with Gasteiger partial charge in [0.2, 0.25) is 0 Å². The number of hydrogen-bond acceptors (Lipinski definition) is 0. The van der Waals surface area contributed by atoms with Gasteiger partial charge in [-0.3, -0.25) is 0 Å². The summed E-state index contributed by atoms with van der Waals surface area (Å²) in [7, 11) is 0. The molecule has 0 aromatic heterocycles. The molecule has 0 rings (SSSR count). The Morgan fingerprint density at radius 2 is 2.50 bits per heavy atom. The van der Waals surface area contributed by atoms with Crippen molar-refractivity contribution in [3.63, 3.8) is 0 Å². The van der Waals surface area contributed by atoms with Crippen molar-refractivity contribution in [1.82, 2.24) is 0 Å². The van der Waals surface area contributed by atoms with Crippen molar-refractivity contribution in [2.75, 3.05) is 5.33 Å². The molecule has 0 aromatic carbocycles. The Bertz CT molecular complexity index is 68.0. The van der Waals surface area contributed by atoms with E-state index in [4.69, 9.17) is 0 Å². The first-order valence-electron chi connectivity index (χ1n) is 1.83. The molecule has 0 amide bonds. The van der Waals surface area contributed by atoms with Crippen LogP contribution in [-0.4, -0.2) is 5.33 Å². The van der Waals surface area contributed by atoms with E-state index in [1.807, 2.05) is 19.1 Å². The molecular weight excluding hydrogens is 140 g/mol. The first kappa shape index (κ1) is 6.00. The van der Waals surface area contributed by atoms with Gasteiger partial charge in [-0.2, -0.15) is 0 Å². The number of halogens is 1. The maximum absolute atomic E-state index is 3.21. The number of hydrogen-bond donors (Lipinski definition) is 0. The van der Waals surface area contributed by atoms with Crippen LogP contribution in [0.15, 0.2) is 17.9 Å². The van der Waals surface area contributed by atoms with E-state index in [9.17, 15) is 0 Å². The molecule has 0 heterocycles. The molecule has 0 spiro atoms. The third-order valence-corrected chi connectivity index (χ3v) is 0.685. The van der Waals surface area contributed by atoms with Gasteiger partial charge in [0.05, 0.1) is 0 Å². The summed E-state index contributed by atoms with van der Waals surface area (Å²) in [5.74, 6) is 0. The minimum atomic E-state index is 0.900. The highest BCUT2D eigenvalue weighted by molar-refractivity contribution is 9.09. The minimum absolute atomic E-state index is 0.900. The summed E-state index contributed by atoms with van der Waals surface area (Å²) in [5.41, 5.74) is 2.90. The van der Waals surface area contributed by atoms with Crippen molar-refractivity contribution in [3.8, 4) is 0 Å². The molecule has 1 heteroatoms. The molecule has 0 bridgehead atoms. The predicted octanol–water partition coefficient (Wildman–Crippen LogP) is 2.11. The number of alkyl halides is 1. The highest BCUT2D eigenvalue weighted by Gasteiger charge is 1.54. The molecule has 34 valence electrons. The van der Waals surface area contributed by atoms with Crippen LogP contribution in [0.4, 0.5) is 0 Å². The Morgan fingerprint density at radius 1 is 1.83 bits per heavy atom. The molecule has 0 saturated heterocycles. The Hall–Kier alpha value is 0. The second-order valence-corrected chi connectivity index (χ2v) is 1.46. The van der Waals surface area contributed by atoms with Gasteiger partial charge in [0.15, 0.2) is 0 Å². The van der Waals surface area contributed by atoms with Crippen LogP contribution in [0, 0.1) is 0 Å². The summed E-state index contributed by atoms with van der Waals surface area (Å²) in [6.45, 7) is 1.94. The van der Waals surface area contributed by atoms with Crippen LogP contribution in [-0.2, 0) is 0 Å². The van der Waals surface area contributed by atoms with Crippen LogP contribution >= 0.6 is 15.9 Å². The zero-order valence-corrected chi connectivity index (χ0v) is 5.33. The maximum Gasteiger partial charge on any atom is 0.0287 e. The van der Waals surface area contributed by atoms with Gasteiger partial charge in [-0.25, -0.2) is 0 Å². The first-order chi connectivity index (χ1) is 2.91. The third kappa shape index (κ3) is 4.00. The third-order valence-electron chi connectivity index (χ3n) is 0.362. The highest BCUT2D eigenvalue weighted by atomic mass is 79.9. The quantitative estimate of drug-likeness (QED) is 0.393. The van der Waals surface area contributed by atoms with Crippen molar-refractivity contribution >= 4 is 15.9 Å². The van der Waals surface area contributed by atoms with Gasteiger partial charge in [-0.1, -0.05) is 15.9 Å². The van der Waals surface area contributed by atoms with E-state index < -0.39 is 0 Å². The van der Waals surface area contributed by atoms with Gasteiger partial charge in [0.25, 0.3) is 0 Å². The molecule has 0 atom stereocenters. The molecule has 0 radical (unpaired) electrons. The van der Waals surface area contributed by atoms with Gasteiger partial charge >= 0.3 is 0 Å². The first-order valence-corrected chi connectivity index (χ1v) is 2.95. The van der Waals surface area contributed by atoms with Crippen LogP contribution in [0.3, 0.4) is 0 Å². The standard InChI is InChI=1S/C5H7Br/c1-2-3-4-5-6/h2,4H,5H2,1H3. The topological polar surface area (TPSA) is 0 Å². The van der Waals surface area contributed by atoms with Crippen molar-refractivity contribution in [3.05, 3.63) is 17.9 Å². The predicted molar refractivity (Wildman–Crippen MR) is 32.1 cm³/mol. The van der Waals surface area contributed by atoms with E-state index in [0.717, 1.165) is 5.33 Å². The van der Waals surface area contributed by atoms with Crippen LogP contribution in [0.1, 0.15) is 6.92 Å². The molecule has 0 N–H and O–H groups in total.